The minimum atomic E-state index is 0.0640. The first-order valence-corrected chi connectivity index (χ1v) is 7.39. The number of ketones is 1. The Bertz CT molecular complexity index is 424. The highest BCUT2D eigenvalue weighted by Gasteiger charge is 2.08. The Morgan fingerprint density at radius 1 is 1.30 bits per heavy atom. The van der Waals surface area contributed by atoms with Crippen molar-refractivity contribution in [1.29, 1.82) is 0 Å². The van der Waals surface area contributed by atoms with Crippen molar-refractivity contribution in [2.24, 2.45) is 5.92 Å². The summed E-state index contributed by atoms with van der Waals surface area (Å²) in [5.41, 5.74) is 1.65. The molecule has 0 aliphatic heterocycles. The summed E-state index contributed by atoms with van der Waals surface area (Å²) >= 11 is 0. The normalized spacial score (nSPS) is 10.8. The number of Topliss-reactive ketones (excluding diaryl/α,β-unsaturated/α-hetero) is 1. The highest BCUT2D eigenvalue weighted by atomic mass is 16.5. The van der Waals surface area contributed by atoms with Crippen LogP contribution < -0.4 is 4.74 Å². The van der Waals surface area contributed by atoms with Crippen LogP contribution in [0.2, 0.25) is 0 Å². The minimum absolute atomic E-state index is 0.0640. The SMILES string of the molecule is CCOc1ccc(C(C)=O)cc1COCCCC(C)C. The van der Waals surface area contributed by atoms with Crippen LogP contribution in [0.15, 0.2) is 18.2 Å². The second-order valence-corrected chi connectivity index (χ2v) is 5.40. The largest absolute Gasteiger partial charge is 0.494 e. The number of hydrogen-bond donors (Lipinski definition) is 0. The zero-order valence-corrected chi connectivity index (χ0v) is 13.1. The first kappa shape index (κ1) is 16.7. The molecule has 1 aromatic rings. The highest BCUT2D eigenvalue weighted by Crippen LogP contribution is 2.22. The Kier molecular flexibility index (Phi) is 7.31. The molecule has 3 heteroatoms. The average molecular weight is 278 g/mol. The maximum Gasteiger partial charge on any atom is 0.159 e. The van der Waals surface area contributed by atoms with Gasteiger partial charge >= 0.3 is 0 Å². The molecule has 0 unspecified atom stereocenters. The predicted octanol–water partition coefficient (Wildman–Crippen LogP) is 4.24. The van der Waals surface area contributed by atoms with Crippen molar-refractivity contribution < 1.29 is 14.3 Å². The molecule has 0 saturated carbocycles. The molecule has 0 aliphatic carbocycles. The van der Waals surface area contributed by atoms with Crippen LogP contribution in [0.4, 0.5) is 0 Å². The van der Waals surface area contributed by atoms with Crippen molar-refractivity contribution in [2.45, 2.75) is 47.1 Å². The molecule has 0 amide bonds. The first-order valence-electron chi connectivity index (χ1n) is 7.39. The Balaban J connectivity index is 2.60. The van der Waals surface area contributed by atoms with E-state index in [2.05, 4.69) is 13.8 Å². The molecule has 0 N–H and O–H groups in total. The summed E-state index contributed by atoms with van der Waals surface area (Å²) < 4.78 is 11.3. The lowest BCUT2D eigenvalue weighted by atomic mass is 10.1. The van der Waals surface area contributed by atoms with Gasteiger partial charge in [-0.25, -0.2) is 0 Å². The number of ether oxygens (including phenoxy) is 2. The van der Waals surface area contributed by atoms with Crippen LogP contribution >= 0.6 is 0 Å². The highest BCUT2D eigenvalue weighted by molar-refractivity contribution is 5.94. The third kappa shape index (κ3) is 5.74. The van der Waals surface area contributed by atoms with Gasteiger partial charge < -0.3 is 9.47 Å². The van der Waals surface area contributed by atoms with Crippen LogP contribution in [0.25, 0.3) is 0 Å². The molecule has 1 rings (SSSR count). The van der Waals surface area contributed by atoms with Gasteiger partial charge in [0.1, 0.15) is 5.75 Å². The zero-order chi connectivity index (χ0) is 15.0. The minimum Gasteiger partial charge on any atom is -0.494 e. The summed E-state index contributed by atoms with van der Waals surface area (Å²) in [5.74, 6) is 1.58. The van der Waals surface area contributed by atoms with Crippen LogP contribution in [-0.2, 0) is 11.3 Å². The standard InChI is InChI=1S/C17H26O3/c1-5-20-17-9-8-15(14(4)18)11-16(17)12-19-10-6-7-13(2)3/h8-9,11,13H,5-7,10,12H2,1-4H3. The smallest absolute Gasteiger partial charge is 0.159 e. The van der Waals surface area contributed by atoms with E-state index in [9.17, 15) is 4.79 Å². The third-order valence-electron chi connectivity index (χ3n) is 3.09. The van der Waals surface area contributed by atoms with Crippen molar-refractivity contribution in [3.05, 3.63) is 29.3 Å². The van der Waals surface area contributed by atoms with Crippen molar-refractivity contribution >= 4 is 5.78 Å². The van der Waals surface area contributed by atoms with E-state index < -0.39 is 0 Å². The van der Waals surface area contributed by atoms with Gasteiger partial charge in [0.25, 0.3) is 0 Å². The topological polar surface area (TPSA) is 35.5 Å². The van der Waals surface area contributed by atoms with Crippen molar-refractivity contribution in [3.8, 4) is 5.75 Å². The second-order valence-electron chi connectivity index (χ2n) is 5.40. The van der Waals surface area contributed by atoms with Crippen LogP contribution in [0.1, 0.15) is 56.5 Å². The van der Waals surface area contributed by atoms with E-state index in [-0.39, 0.29) is 5.78 Å². The molecule has 0 radical (unpaired) electrons. The molecule has 0 atom stereocenters. The monoisotopic (exact) mass is 278 g/mol. The lowest BCUT2D eigenvalue weighted by Crippen LogP contribution is -2.03. The molecule has 0 fully saturated rings. The molecule has 1 aromatic carbocycles. The fourth-order valence-electron chi connectivity index (χ4n) is 1.98. The van der Waals surface area contributed by atoms with Gasteiger partial charge in [-0.15, -0.1) is 0 Å². The molecule has 0 aromatic heterocycles. The fourth-order valence-corrected chi connectivity index (χ4v) is 1.98. The predicted molar refractivity (Wildman–Crippen MR) is 81.3 cm³/mol. The summed E-state index contributed by atoms with van der Waals surface area (Å²) in [6.07, 6.45) is 2.24. The molecule has 0 aliphatic rings. The van der Waals surface area contributed by atoms with Crippen molar-refractivity contribution in [1.82, 2.24) is 0 Å². The Morgan fingerprint density at radius 2 is 2.05 bits per heavy atom. The first-order chi connectivity index (χ1) is 9.54. The summed E-state index contributed by atoms with van der Waals surface area (Å²) in [4.78, 5) is 11.4. The van der Waals surface area contributed by atoms with E-state index in [1.807, 2.05) is 19.1 Å². The summed E-state index contributed by atoms with van der Waals surface area (Å²) in [5, 5.41) is 0. The van der Waals surface area contributed by atoms with E-state index in [0.29, 0.717) is 24.7 Å². The fraction of sp³-hybridized carbons (Fsp3) is 0.588. The number of rotatable bonds is 9. The van der Waals surface area contributed by atoms with Crippen LogP contribution in [0, 0.1) is 5.92 Å². The number of carbonyl (C=O) groups excluding carboxylic acids is 1. The average Bonchev–Trinajstić information content (AvgIpc) is 2.39. The number of benzene rings is 1. The van der Waals surface area contributed by atoms with Gasteiger partial charge in [-0.3, -0.25) is 4.79 Å². The Hall–Kier alpha value is -1.35. The van der Waals surface area contributed by atoms with Crippen molar-refractivity contribution in [3.63, 3.8) is 0 Å². The molecule has 0 bridgehead atoms. The van der Waals surface area contributed by atoms with Crippen LogP contribution in [0.3, 0.4) is 0 Å². The molecule has 3 nitrogen and oxygen atoms in total. The van der Waals surface area contributed by atoms with Gasteiger partial charge in [0.05, 0.1) is 13.2 Å². The van der Waals surface area contributed by atoms with Gasteiger partial charge in [-0.05, 0) is 50.8 Å². The molecule has 0 spiro atoms. The lowest BCUT2D eigenvalue weighted by Gasteiger charge is -2.12. The maximum atomic E-state index is 11.4. The van der Waals surface area contributed by atoms with Crippen LogP contribution in [0.5, 0.6) is 5.75 Å². The second kappa shape index (κ2) is 8.75. The Labute approximate surface area is 122 Å². The van der Waals surface area contributed by atoms with Gasteiger partial charge in [-0.2, -0.15) is 0 Å². The molecule has 0 heterocycles. The van der Waals surface area contributed by atoms with E-state index >= 15 is 0 Å². The third-order valence-corrected chi connectivity index (χ3v) is 3.09. The Morgan fingerprint density at radius 3 is 2.65 bits per heavy atom. The summed E-state index contributed by atoms with van der Waals surface area (Å²) in [6.45, 7) is 9.80. The molecule has 20 heavy (non-hydrogen) atoms. The number of hydrogen-bond acceptors (Lipinski definition) is 3. The molecular weight excluding hydrogens is 252 g/mol. The van der Waals surface area contributed by atoms with Gasteiger partial charge in [0, 0.05) is 17.7 Å². The van der Waals surface area contributed by atoms with Crippen molar-refractivity contribution in [2.75, 3.05) is 13.2 Å². The van der Waals surface area contributed by atoms with Crippen LogP contribution in [-0.4, -0.2) is 19.0 Å². The van der Waals surface area contributed by atoms with E-state index in [1.54, 1.807) is 13.0 Å². The quantitative estimate of drug-likeness (QED) is 0.500. The summed E-state index contributed by atoms with van der Waals surface area (Å²) in [7, 11) is 0. The zero-order valence-electron chi connectivity index (χ0n) is 13.1. The van der Waals surface area contributed by atoms with E-state index in [4.69, 9.17) is 9.47 Å². The van der Waals surface area contributed by atoms with E-state index in [0.717, 1.165) is 24.3 Å². The lowest BCUT2D eigenvalue weighted by molar-refractivity contribution is 0.101. The van der Waals surface area contributed by atoms with E-state index in [1.165, 1.54) is 6.42 Å². The molecule has 0 saturated heterocycles. The summed E-state index contributed by atoms with van der Waals surface area (Å²) in [6, 6.07) is 5.53. The van der Waals surface area contributed by atoms with Gasteiger partial charge in [0.15, 0.2) is 5.78 Å². The molecular formula is C17H26O3. The van der Waals surface area contributed by atoms with Gasteiger partial charge in [-0.1, -0.05) is 13.8 Å². The molecule has 112 valence electrons. The number of carbonyl (C=O) groups is 1. The van der Waals surface area contributed by atoms with Gasteiger partial charge in [0.2, 0.25) is 0 Å². The maximum absolute atomic E-state index is 11.4.